The van der Waals surface area contributed by atoms with E-state index in [0.29, 0.717) is 31.4 Å². The minimum Gasteiger partial charge on any atom is -0.508 e. The van der Waals surface area contributed by atoms with Crippen molar-refractivity contribution in [3.8, 4) is 5.75 Å². The number of aromatic hydroxyl groups is 1. The van der Waals surface area contributed by atoms with Gasteiger partial charge in [0, 0.05) is 23.2 Å². The predicted octanol–water partition coefficient (Wildman–Crippen LogP) is 4.93. The maximum atomic E-state index is 12.4. The van der Waals surface area contributed by atoms with Gasteiger partial charge in [-0.05, 0) is 47.7 Å². The first-order chi connectivity index (χ1) is 11.4. The van der Waals surface area contributed by atoms with Gasteiger partial charge in [0.1, 0.15) is 5.75 Å². The maximum absolute atomic E-state index is 12.4. The van der Waals surface area contributed by atoms with Crippen LogP contribution in [0.4, 0.5) is 5.69 Å². The van der Waals surface area contributed by atoms with Gasteiger partial charge in [-0.2, -0.15) is 0 Å². The van der Waals surface area contributed by atoms with E-state index in [2.05, 4.69) is 4.99 Å². The lowest BCUT2D eigenvalue weighted by molar-refractivity contribution is -0.121. The lowest BCUT2D eigenvalue weighted by Crippen LogP contribution is -2.23. The molecule has 1 N–H and O–H groups in total. The molecule has 2 aromatic rings. The predicted molar refractivity (Wildman–Crippen MR) is 100 cm³/mol. The molecule has 1 amide bonds. The number of phenolic OH excluding ortho intramolecular Hbond substituents is 1. The van der Waals surface area contributed by atoms with Gasteiger partial charge in [0.25, 0.3) is 5.91 Å². The summed E-state index contributed by atoms with van der Waals surface area (Å²) in [5.41, 5.74) is 1.28. The molecule has 0 saturated carbocycles. The van der Waals surface area contributed by atoms with E-state index < -0.39 is 0 Å². The van der Waals surface area contributed by atoms with Gasteiger partial charge in [-0.1, -0.05) is 35.3 Å². The largest absolute Gasteiger partial charge is 0.508 e. The number of hydrogen-bond acceptors (Lipinski definition) is 4. The van der Waals surface area contributed by atoms with E-state index in [1.165, 1.54) is 22.7 Å². The van der Waals surface area contributed by atoms with Crippen LogP contribution in [-0.2, 0) is 4.79 Å². The van der Waals surface area contributed by atoms with Gasteiger partial charge >= 0.3 is 0 Å². The zero-order valence-corrected chi connectivity index (χ0v) is 14.9. The lowest BCUT2D eigenvalue weighted by Gasteiger charge is -2.07. The number of hydrogen-bond donors (Lipinski definition) is 1. The third-order valence-corrected chi connectivity index (χ3v) is 4.93. The molecule has 1 aliphatic rings. The highest BCUT2D eigenvalue weighted by molar-refractivity contribution is 8.18. The Balaban J connectivity index is 1.92. The Hall–Kier alpha value is -1.95. The molecule has 1 aliphatic heterocycles. The van der Waals surface area contributed by atoms with Crippen LogP contribution in [0.15, 0.2) is 52.4 Å². The summed E-state index contributed by atoms with van der Waals surface area (Å²) in [6.45, 7) is 0. The first kappa shape index (κ1) is 16.9. The van der Waals surface area contributed by atoms with Crippen LogP contribution >= 0.6 is 35.0 Å². The van der Waals surface area contributed by atoms with E-state index in [1.807, 2.05) is 0 Å². The van der Waals surface area contributed by atoms with Crippen LogP contribution in [0.25, 0.3) is 6.08 Å². The number of carbonyl (C=O) groups is 1. The summed E-state index contributed by atoms with van der Waals surface area (Å²) in [4.78, 5) is 18.8. The highest BCUT2D eigenvalue weighted by Crippen LogP contribution is 2.35. The van der Waals surface area contributed by atoms with Crippen molar-refractivity contribution in [2.45, 2.75) is 0 Å². The molecule has 1 heterocycles. The van der Waals surface area contributed by atoms with Gasteiger partial charge < -0.3 is 5.11 Å². The third kappa shape index (κ3) is 3.59. The fourth-order valence-electron chi connectivity index (χ4n) is 2.08. The summed E-state index contributed by atoms with van der Waals surface area (Å²) in [5, 5.41) is 11.1. The number of likely N-dealkylation sites (N-methyl/N-ethyl adjacent to an activating group) is 1. The molecule has 7 heteroatoms. The second kappa shape index (κ2) is 6.89. The summed E-state index contributed by atoms with van der Waals surface area (Å²) in [7, 11) is 1.65. The first-order valence-corrected chi connectivity index (χ1v) is 8.51. The molecule has 2 aromatic carbocycles. The molecule has 3 rings (SSSR count). The minimum absolute atomic E-state index is 0.123. The Morgan fingerprint density at radius 1 is 1.21 bits per heavy atom. The van der Waals surface area contributed by atoms with E-state index in [-0.39, 0.29) is 11.7 Å². The summed E-state index contributed by atoms with van der Waals surface area (Å²) in [6, 6.07) is 11.7. The average molecular weight is 379 g/mol. The number of phenols is 1. The zero-order valence-electron chi connectivity index (χ0n) is 12.5. The molecule has 0 unspecified atom stereocenters. The third-order valence-electron chi connectivity index (χ3n) is 3.31. The van der Waals surface area contributed by atoms with E-state index in [0.717, 1.165) is 0 Å². The SMILES string of the molecule is CN1C(=O)/C(=C/c2ccc(Cl)cc2Cl)SC1=Nc1cccc(O)c1. The lowest BCUT2D eigenvalue weighted by atomic mass is 10.2. The Morgan fingerprint density at radius 2 is 2.00 bits per heavy atom. The molecular formula is C17H12Cl2N2O2S. The quantitative estimate of drug-likeness (QED) is 0.753. The second-order valence-electron chi connectivity index (χ2n) is 5.05. The Bertz CT molecular complexity index is 881. The molecule has 4 nitrogen and oxygen atoms in total. The molecule has 0 bridgehead atoms. The molecule has 1 saturated heterocycles. The Labute approximate surface area is 153 Å². The van der Waals surface area contributed by atoms with Crippen molar-refractivity contribution in [2.24, 2.45) is 4.99 Å². The fraction of sp³-hybridized carbons (Fsp3) is 0.0588. The van der Waals surface area contributed by atoms with E-state index in [1.54, 1.807) is 49.5 Å². The summed E-state index contributed by atoms with van der Waals surface area (Å²) < 4.78 is 0. The number of aliphatic imine (C=N–C) groups is 1. The second-order valence-corrected chi connectivity index (χ2v) is 6.91. The number of halogens is 2. The van der Waals surface area contributed by atoms with E-state index in [4.69, 9.17) is 23.2 Å². The van der Waals surface area contributed by atoms with Crippen molar-refractivity contribution >= 4 is 57.8 Å². The number of rotatable bonds is 2. The topological polar surface area (TPSA) is 52.9 Å². The Morgan fingerprint density at radius 3 is 2.71 bits per heavy atom. The van der Waals surface area contributed by atoms with Gasteiger partial charge in [-0.15, -0.1) is 0 Å². The van der Waals surface area contributed by atoms with Gasteiger partial charge in [0.2, 0.25) is 0 Å². The van der Waals surface area contributed by atoms with Crippen molar-refractivity contribution < 1.29 is 9.90 Å². The maximum Gasteiger partial charge on any atom is 0.266 e. The van der Waals surface area contributed by atoms with Crippen molar-refractivity contribution in [1.82, 2.24) is 4.90 Å². The highest BCUT2D eigenvalue weighted by Gasteiger charge is 2.30. The van der Waals surface area contributed by atoms with Crippen LogP contribution in [0.1, 0.15) is 5.56 Å². The summed E-state index contributed by atoms with van der Waals surface area (Å²) in [5.74, 6) is -0.0394. The van der Waals surface area contributed by atoms with Crippen LogP contribution in [0.2, 0.25) is 10.0 Å². The highest BCUT2D eigenvalue weighted by atomic mass is 35.5. The number of nitrogens with zero attached hydrogens (tertiary/aromatic N) is 2. The van der Waals surface area contributed by atoms with E-state index in [9.17, 15) is 9.90 Å². The molecule has 0 radical (unpaired) electrons. The Kier molecular flexibility index (Phi) is 4.85. The van der Waals surface area contributed by atoms with Crippen molar-refractivity contribution in [1.29, 1.82) is 0 Å². The monoisotopic (exact) mass is 378 g/mol. The number of benzene rings is 2. The first-order valence-electron chi connectivity index (χ1n) is 6.94. The number of thioether (sulfide) groups is 1. The average Bonchev–Trinajstić information content (AvgIpc) is 2.78. The van der Waals surface area contributed by atoms with Crippen LogP contribution in [0.5, 0.6) is 5.75 Å². The van der Waals surface area contributed by atoms with Crippen molar-refractivity contribution in [2.75, 3.05) is 7.05 Å². The van der Waals surface area contributed by atoms with Crippen molar-refractivity contribution in [3.05, 3.63) is 63.0 Å². The van der Waals surface area contributed by atoms with Gasteiger partial charge in [0.15, 0.2) is 5.17 Å². The van der Waals surface area contributed by atoms with Crippen LogP contribution in [0.3, 0.4) is 0 Å². The van der Waals surface area contributed by atoms with Gasteiger partial charge in [-0.3, -0.25) is 9.69 Å². The van der Waals surface area contributed by atoms with Crippen LogP contribution in [-0.4, -0.2) is 28.1 Å². The molecule has 0 aromatic heterocycles. The van der Waals surface area contributed by atoms with E-state index >= 15 is 0 Å². The molecule has 0 spiro atoms. The molecule has 0 atom stereocenters. The number of carbonyl (C=O) groups excluding carboxylic acids is 1. The molecule has 24 heavy (non-hydrogen) atoms. The van der Waals surface area contributed by atoms with Crippen LogP contribution in [0, 0.1) is 0 Å². The fourth-order valence-corrected chi connectivity index (χ4v) is 3.53. The number of amidine groups is 1. The summed E-state index contributed by atoms with van der Waals surface area (Å²) >= 11 is 13.3. The van der Waals surface area contributed by atoms with Gasteiger partial charge in [0.05, 0.1) is 10.6 Å². The summed E-state index contributed by atoms with van der Waals surface area (Å²) in [6.07, 6.45) is 1.72. The normalized spacial score (nSPS) is 18.0. The van der Waals surface area contributed by atoms with Gasteiger partial charge in [-0.25, -0.2) is 4.99 Å². The number of amides is 1. The molecule has 122 valence electrons. The molecular weight excluding hydrogens is 367 g/mol. The minimum atomic E-state index is -0.162. The zero-order chi connectivity index (χ0) is 17.3. The standard InChI is InChI=1S/C17H12Cl2N2O2S/c1-21-16(23)15(7-10-5-6-11(18)8-14(10)19)24-17(21)20-12-3-2-4-13(22)9-12/h2-9,22H,1H3/b15-7-,20-17?. The smallest absolute Gasteiger partial charge is 0.266 e. The van der Waals surface area contributed by atoms with Crippen LogP contribution < -0.4 is 0 Å². The molecule has 0 aliphatic carbocycles. The molecule has 1 fully saturated rings. The van der Waals surface area contributed by atoms with Crippen molar-refractivity contribution in [3.63, 3.8) is 0 Å².